The second kappa shape index (κ2) is 14.9. The lowest BCUT2D eigenvalue weighted by molar-refractivity contribution is -0.121. The molecule has 0 unspecified atom stereocenters. The van der Waals surface area contributed by atoms with Crippen molar-refractivity contribution in [2.24, 2.45) is 11.8 Å². The number of amides is 1. The maximum atomic E-state index is 12.1. The molecule has 0 heterocycles. The van der Waals surface area contributed by atoms with Crippen LogP contribution in [-0.2, 0) is 11.3 Å². The molecule has 1 saturated carbocycles. The molecular formula is C30H41Cl6NO. The molecule has 1 amide bonds. The molecular weight excluding hydrogens is 603 g/mol. The van der Waals surface area contributed by atoms with Crippen molar-refractivity contribution in [3.05, 3.63) is 46.0 Å². The summed E-state index contributed by atoms with van der Waals surface area (Å²) in [6.45, 7) is 2.80. The van der Waals surface area contributed by atoms with E-state index in [2.05, 4.69) is 12.2 Å². The first-order chi connectivity index (χ1) is 18.1. The maximum Gasteiger partial charge on any atom is 0.220 e. The molecule has 1 aromatic rings. The number of rotatable bonds is 17. The van der Waals surface area contributed by atoms with Gasteiger partial charge in [-0.1, -0.05) is 148 Å². The lowest BCUT2D eigenvalue weighted by Gasteiger charge is -2.37. The highest BCUT2D eigenvalue weighted by Crippen LogP contribution is 2.77. The SMILES string of the molecule is CCCCCCCC[C@@H]1[C@@H](CCCCCCCC(=O)NCc2ccccc2)[C@]2(Cl)C(Cl)=C(Cl)[C@]1(Cl)C2(Cl)Cl. The van der Waals surface area contributed by atoms with Gasteiger partial charge in [-0.25, -0.2) is 0 Å². The number of hydrogen-bond donors (Lipinski definition) is 1. The van der Waals surface area contributed by atoms with Crippen molar-refractivity contribution in [3.63, 3.8) is 0 Å². The normalized spacial score (nSPS) is 27.8. The molecule has 0 saturated heterocycles. The van der Waals surface area contributed by atoms with Gasteiger partial charge in [0.05, 0.1) is 10.1 Å². The predicted molar refractivity (Wildman–Crippen MR) is 166 cm³/mol. The van der Waals surface area contributed by atoms with Gasteiger partial charge in [0, 0.05) is 13.0 Å². The number of hydrogen-bond acceptors (Lipinski definition) is 1. The first-order valence-corrected chi connectivity index (χ1v) is 16.5. The minimum absolute atomic E-state index is 0.0221. The molecule has 0 spiro atoms. The first kappa shape index (κ1) is 32.7. The Balaban J connectivity index is 1.45. The lowest BCUT2D eigenvalue weighted by atomic mass is 9.76. The van der Waals surface area contributed by atoms with Crippen molar-refractivity contribution in [2.45, 2.75) is 117 Å². The average Bonchev–Trinajstić information content (AvgIpc) is 3.10. The fourth-order valence-corrected chi connectivity index (χ4v) is 9.36. The third kappa shape index (κ3) is 6.79. The number of carbonyl (C=O) groups is 1. The van der Waals surface area contributed by atoms with Gasteiger partial charge >= 0.3 is 0 Å². The molecule has 8 heteroatoms. The summed E-state index contributed by atoms with van der Waals surface area (Å²) in [6.07, 6.45) is 14.4. The molecule has 2 aliphatic rings. The molecule has 2 nitrogen and oxygen atoms in total. The molecule has 0 aliphatic heterocycles. The summed E-state index contributed by atoms with van der Waals surface area (Å²) in [5, 5.41) is 3.62. The summed E-state index contributed by atoms with van der Waals surface area (Å²) in [7, 11) is 0. The van der Waals surface area contributed by atoms with E-state index in [1.807, 2.05) is 30.3 Å². The van der Waals surface area contributed by atoms with Gasteiger partial charge < -0.3 is 5.32 Å². The molecule has 2 aliphatic carbocycles. The molecule has 38 heavy (non-hydrogen) atoms. The van der Waals surface area contributed by atoms with Crippen LogP contribution in [0.5, 0.6) is 0 Å². The summed E-state index contributed by atoms with van der Waals surface area (Å²) >= 11 is 41.4. The Morgan fingerprint density at radius 3 is 1.74 bits per heavy atom. The number of benzene rings is 1. The summed E-state index contributed by atoms with van der Waals surface area (Å²) in [5.41, 5.74) is 1.11. The van der Waals surface area contributed by atoms with E-state index in [0.29, 0.717) is 23.0 Å². The minimum Gasteiger partial charge on any atom is -0.352 e. The van der Waals surface area contributed by atoms with Crippen LogP contribution in [0.25, 0.3) is 0 Å². The van der Waals surface area contributed by atoms with Crippen LogP contribution in [0.1, 0.15) is 102 Å². The van der Waals surface area contributed by atoms with Crippen LogP contribution in [0.2, 0.25) is 0 Å². The molecule has 0 aromatic heterocycles. The average molecular weight is 644 g/mol. The molecule has 1 aromatic carbocycles. The van der Waals surface area contributed by atoms with Crippen molar-refractivity contribution in [3.8, 4) is 0 Å². The fraction of sp³-hybridized carbons (Fsp3) is 0.700. The summed E-state index contributed by atoms with van der Waals surface area (Å²) in [6, 6.07) is 9.96. The number of allylic oxidation sites excluding steroid dienone is 2. The van der Waals surface area contributed by atoms with Crippen molar-refractivity contribution in [1.29, 1.82) is 0 Å². The van der Waals surface area contributed by atoms with E-state index in [9.17, 15) is 4.79 Å². The van der Waals surface area contributed by atoms with E-state index < -0.39 is 14.1 Å². The van der Waals surface area contributed by atoms with E-state index in [1.165, 1.54) is 25.7 Å². The summed E-state index contributed by atoms with van der Waals surface area (Å²) in [5.74, 6) is 0.0426. The van der Waals surface area contributed by atoms with Crippen LogP contribution in [-0.4, -0.2) is 20.0 Å². The van der Waals surface area contributed by atoms with Gasteiger partial charge in [0.2, 0.25) is 5.91 Å². The van der Waals surface area contributed by atoms with Crippen LogP contribution >= 0.6 is 69.6 Å². The van der Waals surface area contributed by atoms with E-state index in [0.717, 1.165) is 63.4 Å². The van der Waals surface area contributed by atoms with E-state index in [-0.39, 0.29) is 17.7 Å². The molecule has 4 atom stereocenters. The largest absolute Gasteiger partial charge is 0.352 e. The lowest BCUT2D eigenvalue weighted by Crippen LogP contribution is -2.44. The monoisotopic (exact) mass is 641 g/mol. The van der Waals surface area contributed by atoms with E-state index in [1.54, 1.807) is 0 Å². The molecule has 0 radical (unpaired) electrons. The summed E-state index contributed by atoms with van der Waals surface area (Å²) in [4.78, 5) is 9.82. The highest BCUT2D eigenvalue weighted by molar-refractivity contribution is 6.65. The molecule has 214 valence electrons. The van der Waals surface area contributed by atoms with Gasteiger partial charge in [-0.15, -0.1) is 23.2 Å². The van der Waals surface area contributed by atoms with Gasteiger partial charge in [0.15, 0.2) is 4.33 Å². The van der Waals surface area contributed by atoms with E-state index in [4.69, 9.17) is 69.6 Å². The van der Waals surface area contributed by atoms with Crippen LogP contribution in [0, 0.1) is 11.8 Å². The molecule has 1 N–H and O–H groups in total. The number of halogens is 6. The van der Waals surface area contributed by atoms with Crippen LogP contribution in [0.4, 0.5) is 0 Å². The Kier molecular flexibility index (Phi) is 12.8. The molecule has 3 rings (SSSR count). The smallest absolute Gasteiger partial charge is 0.220 e. The quantitative estimate of drug-likeness (QED) is 0.133. The fourth-order valence-electron chi connectivity index (χ4n) is 6.22. The van der Waals surface area contributed by atoms with Crippen molar-refractivity contribution in [2.75, 3.05) is 0 Å². The summed E-state index contributed by atoms with van der Waals surface area (Å²) < 4.78 is -1.46. The first-order valence-electron chi connectivity index (χ1n) is 14.2. The van der Waals surface area contributed by atoms with Gasteiger partial charge in [-0.2, -0.15) is 0 Å². The zero-order chi connectivity index (χ0) is 27.8. The minimum atomic E-state index is -1.46. The molecule has 2 bridgehead atoms. The third-order valence-electron chi connectivity index (χ3n) is 8.37. The number of carbonyl (C=O) groups excluding carboxylic acids is 1. The second-order valence-electron chi connectivity index (χ2n) is 11.0. The topological polar surface area (TPSA) is 29.1 Å². The van der Waals surface area contributed by atoms with Crippen molar-refractivity contribution in [1.82, 2.24) is 5.32 Å². The third-order valence-corrected chi connectivity index (χ3v) is 12.7. The number of unbranched alkanes of at least 4 members (excludes halogenated alkanes) is 9. The van der Waals surface area contributed by atoms with Gasteiger partial charge in [0.25, 0.3) is 0 Å². The Hall–Kier alpha value is 0.170. The second-order valence-corrected chi connectivity index (χ2v) is 14.2. The Labute approximate surface area is 259 Å². The van der Waals surface area contributed by atoms with Gasteiger partial charge in [-0.05, 0) is 36.7 Å². The highest BCUT2D eigenvalue weighted by atomic mass is 35.5. The number of fused-ring (bicyclic) bond motifs is 2. The maximum absolute atomic E-state index is 12.1. The van der Waals surface area contributed by atoms with Crippen molar-refractivity contribution >= 4 is 75.5 Å². The predicted octanol–water partition coefficient (Wildman–Crippen LogP) is 10.9. The highest BCUT2D eigenvalue weighted by Gasteiger charge is 2.81. The van der Waals surface area contributed by atoms with E-state index >= 15 is 0 Å². The zero-order valence-corrected chi connectivity index (χ0v) is 26.9. The standard InChI is InChI=1S/C30H41Cl6NO/c1-2-3-4-5-7-13-18-23-24(29(34)27(32)26(31)28(23,33)30(29,35)36)19-14-8-6-9-15-20-25(38)37-21-22-16-11-10-12-17-22/h10-12,16-17,23-24H,2-9,13-15,18-21H2,1H3,(H,37,38)/t23-,24-,28+,29+/m1/s1. The molecule has 1 fully saturated rings. The van der Waals surface area contributed by atoms with Crippen molar-refractivity contribution < 1.29 is 4.79 Å². The van der Waals surface area contributed by atoms with Crippen LogP contribution in [0.15, 0.2) is 40.4 Å². The Morgan fingerprint density at radius 2 is 1.21 bits per heavy atom. The Morgan fingerprint density at radius 1 is 0.737 bits per heavy atom. The number of alkyl halides is 4. The zero-order valence-electron chi connectivity index (χ0n) is 22.3. The van der Waals surface area contributed by atoms with Gasteiger partial charge in [-0.3, -0.25) is 4.79 Å². The van der Waals surface area contributed by atoms with Crippen LogP contribution in [0.3, 0.4) is 0 Å². The van der Waals surface area contributed by atoms with Crippen LogP contribution < -0.4 is 5.32 Å². The Bertz CT molecular complexity index is 938. The van der Waals surface area contributed by atoms with Gasteiger partial charge in [0.1, 0.15) is 9.75 Å². The number of nitrogens with one attached hydrogen (secondary N) is 1.